The molecule has 4 rings (SSSR count). The lowest BCUT2D eigenvalue weighted by Gasteiger charge is -2.63. The predicted octanol–water partition coefficient (Wildman–Crippen LogP) is 3.13. The average molecular weight is 394 g/mol. The summed E-state index contributed by atoms with van der Waals surface area (Å²) in [6.45, 7) is 7.37. The quantitative estimate of drug-likeness (QED) is 0.720. The van der Waals surface area contributed by atoms with Crippen molar-refractivity contribution in [1.29, 1.82) is 0 Å². The van der Waals surface area contributed by atoms with Gasteiger partial charge in [-0.15, -0.1) is 0 Å². The number of rotatable bonds is 3. The van der Waals surface area contributed by atoms with E-state index in [2.05, 4.69) is 13.8 Å². The van der Waals surface area contributed by atoms with Crippen LogP contribution in [0, 0.1) is 40.4 Å². The lowest BCUT2D eigenvalue weighted by molar-refractivity contribution is -0.179. The Morgan fingerprint density at radius 2 is 1.89 bits per heavy atom. The largest absolute Gasteiger partial charge is 0.469 e. The number of carbonyl (C=O) groups excluding carboxylic acids is 1. The molecule has 0 aromatic rings. The van der Waals surface area contributed by atoms with Crippen LogP contribution in [-0.2, 0) is 14.3 Å². The number of methoxy groups -OCH3 is 1. The standard InChI is InChI=1S/C23H39NO4/c1-5-28-19-12-22(2)13(10-18(19)25)6-7-14-15-8-9-16(21(26)27-4)23(15,3)11-17(24)20(14)22/h13-20,25H,5-12,24H2,1-4H3/t13-,14-,15-,16+,17+,18-,19-,20+,22-,23-/m0/s1. The number of aliphatic hydroxyl groups is 1. The number of ether oxygens (including phenoxy) is 2. The number of hydrogen-bond acceptors (Lipinski definition) is 5. The number of fused-ring (bicyclic) bond motifs is 5. The van der Waals surface area contributed by atoms with Crippen LogP contribution in [0.25, 0.3) is 0 Å². The van der Waals surface area contributed by atoms with Gasteiger partial charge in [0.25, 0.3) is 0 Å². The Bertz CT molecular complexity index is 611. The van der Waals surface area contributed by atoms with Gasteiger partial charge in [0.15, 0.2) is 0 Å². The Morgan fingerprint density at radius 3 is 2.57 bits per heavy atom. The first-order valence-electron chi connectivity index (χ1n) is 11.4. The Morgan fingerprint density at radius 1 is 1.14 bits per heavy atom. The molecule has 0 unspecified atom stereocenters. The molecule has 3 N–H and O–H groups in total. The van der Waals surface area contributed by atoms with E-state index < -0.39 is 0 Å². The molecule has 0 spiro atoms. The van der Waals surface area contributed by atoms with Gasteiger partial charge in [-0.05, 0) is 86.4 Å². The monoisotopic (exact) mass is 393 g/mol. The summed E-state index contributed by atoms with van der Waals surface area (Å²) in [4.78, 5) is 12.5. The van der Waals surface area contributed by atoms with Crippen molar-refractivity contribution in [3.8, 4) is 0 Å². The van der Waals surface area contributed by atoms with Gasteiger partial charge in [0.1, 0.15) is 0 Å². The third kappa shape index (κ3) is 2.87. The minimum Gasteiger partial charge on any atom is -0.469 e. The maximum Gasteiger partial charge on any atom is 0.309 e. The summed E-state index contributed by atoms with van der Waals surface area (Å²) in [6, 6.07) is 0.0989. The average Bonchev–Trinajstić information content (AvgIpc) is 2.98. The molecule has 5 nitrogen and oxygen atoms in total. The molecule has 0 amide bonds. The van der Waals surface area contributed by atoms with Crippen molar-refractivity contribution >= 4 is 5.97 Å². The number of nitrogens with two attached hydrogens (primary N) is 1. The first-order chi connectivity index (χ1) is 13.3. The molecular formula is C23H39NO4. The number of aliphatic hydroxyl groups excluding tert-OH is 1. The Hall–Kier alpha value is -0.650. The number of carbonyl (C=O) groups is 1. The molecule has 28 heavy (non-hydrogen) atoms. The number of hydrogen-bond donors (Lipinski definition) is 2. The zero-order valence-electron chi connectivity index (χ0n) is 18.0. The fourth-order valence-electron chi connectivity index (χ4n) is 8.43. The summed E-state index contributed by atoms with van der Waals surface area (Å²) in [6.07, 6.45) is 6.62. The lowest BCUT2D eigenvalue weighted by Crippen LogP contribution is -2.63. The van der Waals surface area contributed by atoms with E-state index in [-0.39, 0.29) is 41.0 Å². The number of esters is 1. The molecule has 4 aliphatic rings. The Balaban J connectivity index is 1.64. The van der Waals surface area contributed by atoms with E-state index in [1.165, 1.54) is 13.5 Å². The van der Waals surface area contributed by atoms with E-state index in [1.807, 2.05) is 6.92 Å². The summed E-state index contributed by atoms with van der Waals surface area (Å²) in [5.74, 6) is 2.04. The maximum atomic E-state index is 12.5. The summed E-state index contributed by atoms with van der Waals surface area (Å²) >= 11 is 0. The lowest BCUT2D eigenvalue weighted by atomic mass is 9.43. The van der Waals surface area contributed by atoms with Crippen molar-refractivity contribution in [2.45, 2.75) is 84.0 Å². The van der Waals surface area contributed by atoms with Crippen molar-refractivity contribution in [2.75, 3.05) is 13.7 Å². The van der Waals surface area contributed by atoms with Gasteiger partial charge < -0.3 is 20.3 Å². The normalized spacial score (nSPS) is 53.1. The molecule has 0 heterocycles. The summed E-state index contributed by atoms with van der Waals surface area (Å²) < 4.78 is 11.1. The van der Waals surface area contributed by atoms with Crippen molar-refractivity contribution < 1.29 is 19.4 Å². The minimum atomic E-state index is -0.352. The first-order valence-corrected chi connectivity index (χ1v) is 11.4. The van der Waals surface area contributed by atoms with Gasteiger partial charge in [0, 0.05) is 12.6 Å². The van der Waals surface area contributed by atoms with Crippen LogP contribution in [0.2, 0.25) is 0 Å². The Kier molecular flexibility index (Phi) is 5.33. The first kappa shape index (κ1) is 20.6. The molecule has 0 aliphatic heterocycles. The van der Waals surface area contributed by atoms with Crippen LogP contribution in [0.4, 0.5) is 0 Å². The second-order valence-electron chi connectivity index (χ2n) is 10.6. The van der Waals surface area contributed by atoms with Gasteiger partial charge >= 0.3 is 5.97 Å². The fourth-order valence-corrected chi connectivity index (χ4v) is 8.43. The fraction of sp³-hybridized carbons (Fsp3) is 0.957. The summed E-state index contributed by atoms with van der Waals surface area (Å²) in [7, 11) is 1.51. The van der Waals surface area contributed by atoms with Crippen LogP contribution >= 0.6 is 0 Å². The minimum absolute atomic E-state index is 0.00983. The SMILES string of the molecule is CCO[C@H]1C[C@@]2(C)[C@@H](CC[C@@H]3[C@@H]2[C@H](N)C[C@]2(C)[C@@H](C(=O)OC)CC[C@@H]32)C[C@@H]1O. The molecular weight excluding hydrogens is 354 g/mol. The van der Waals surface area contributed by atoms with Gasteiger partial charge in [-0.1, -0.05) is 13.8 Å². The van der Waals surface area contributed by atoms with Crippen molar-refractivity contribution in [3.05, 3.63) is 0 Å². The van der Waals surface area contributed by atoms with Gasteiger partial charge in [-0.3, -0.25) is 4.79 Å². The van der Waals surface area contributed by atoms with E-state index >= 15 is 0 Å². The molecule has 4 saturated carbocycles. The highest BCUT2D eigenvalue weighted by Gasteiger charge is 2.64. The second-order valence-corrected chi connectivity index (χ2v) is 10.6. The van der Waals surface area contributed by atoms with Gasteiger partial charge in [0.2, 0.25) is 0 Å². The molecule has 5 heteroatoms. The van der Waals surface area contributed by atoms with Gasteiger partial charge in [-0.2, -0.15) is 0 Å². The van der Waals surface area contributed by atoms with Crippen LogP contribution in [0.1, 0.15) is 65.7 Å². The summed E-state index contributed by atoms with van der Waals surface area (Å²) in [5, 5.41) is 10.6. The van der Waals surface area contributed by atoms with Crippen molar-refractivity contribution in [2.24, 2.45) is 46.2 Å². The molecule has 4 fully saturated rings. The zero-order valence-corrected chi connectivity index (χ0v) is 18.0. The molecule has 10 atom stereocenters. The molecule has 0 radical (unpaired) electrons. The van der Waals surface area contributed by atoms with E-state index in [4.69, 9.17) is 15.2 Å². The van der Waals surface area contributed by atoms with Crippen LogP contribution in [0.5, 0.6) is 0 Å². The third-order valence-corrected chi connectivity index (χ3v) is 9.53. The molecule has 4 aliphatic carbocycles. The molecule has 0 aromatic carbocycles. The second kappa shape index (κ2) is 7.24. The summed E-state index contributed by atoms with van der Waals surface area (Å²) in [5.41, 5.74) is 7.01. The topological polar surface area (TPSA) is 81.8 Å². The van der Waals surface area contributed by atoms with Gasteiger partial charge in [0.05, 0.1) is 25.2 Å². The van der Waals surface area contributed by atoms with E-state index in [0.717, 1.165) is 38.5 Å². The maximum absolute atomic E-state index is 12.5. The third-order valence-electron chi connectivity index (χ3n) is 9.53. The van der Waals surface area contributed by atoms with E-state index in [9.17, 15) is 9.90 Å². The van der Waals surface area contributed by atoms with Crippen LogP contribution in [0.15, 0.2) is 0 Å². The molecule has 160 valence electrons. The Labute approximate surface area is 169 Å². The highest BCUT2D eigenvalue weighted by molar-refractivity contribution is 5.73. The highest BCUT2D eigenvalue weighted by atomic mass is 16.5. The van der Waals surface area contributed by atoms with Crippen molar-refractivity contribution in [3.63, 3.8) is 0 Å². The van der Waals surface area contributed by atoms with E-state index in [1.54, 1.807) is 0 Å². The van der Waals surface area contributed by atoms with E-state index in [0.29, 0.717) is 30.3 Å². The smallest absolute Gasteiger partial charge is 0.309 e. The van der Waals surface area contributed by atoms with Crippen LogP contribution < -0.4 is 5.73 Å². The molecule has 0 saturated heterocycles. The highest BCUT2D eigenvalue weighted by Crippen LogP contribution is 2.67. The molecule has 0 aromatic heterocycles. The zero-order chi connectivity index (χ0) is 20.3. The van der Waals surface area contributed by atoms with Gasteiger partial charge in [-0.25, -0.2) is 0 Å². The van der Waals surface area contributed by atoms with Crippen molar-refractivity contribution in [1.82, 2.24) is 0 Å². The predicted molar refractivity (Wildman–Crippen MR) is 107 cm³/mol. The molecule has 0 bridgehead atoms. The van der Waals surface area contributed by atoms with Crippen LogP contribution in [-0.4, -0.2) is 43.0 Å². The van der Waals surface area contributed by atoms with Crippen LogP contribution in [0.3, 0.4) is 0 Å².